The number of nitrogens with zero attached hydrogens (tertiary/aromatic N) is 1. The maximum atomic E-state index is 11.9. The summed E-state index contributed by atoms with van der Waals surface area (Å²) in [6.45, 7) is -0.269. The molecule has 5 heteroatoms. The van der Waals surface area contributed by atoms with Crippen molar-refractivity contribution in [1.29, 1.82) is 5.26 Å². The van der Waals surface area contributed by atoms with Gasteiger partial charge < -0.3 is 10.1 Å². The minimum absolute atomic E-state index is 0.269. The lowest BCUT2D eigenvalue weighted by atomic mass is 9.83. The molecule has 2 fully saturated rings. The molecule has 0 saturated heterocycles. The Hall–Kier alpha value is -1.57. The molecule has 2 rings (SSSR count). The molecule has 0 atom stereocenters. The second kappa shape index (κ2) is 8.17. The van der Waals surface area contributed by atoms with Crippen LogP contribution >= 0.6 is 0 Å². The van der Waals surface area contributed by atoms with E-state index in [0.29, 0.717) is 25.2 Å². The minimum atomic E-state index is -0.759. The summed E-state index contributed by atoms with van der Waals surface area (Å²) in [4.78, 5) is 23.7. The van der Waals surface area contributed by atoms with E-state index in [2.05, 4.69) is 11.4 Å². The van der Waals surface area contributed by atoms with Crippen LogP contribution in [0.2, 0.25) is 0 Å². The molecule has 2 aliphatic carbocycles. The summed E-state index contributed by atoms with van der Waals surface area (Å²) in [5.41, 5.74) is -0.759. The number of rotatable bonds is 5. The number of hydrogen-bond acceptors (Lipinski definition) is 4. The average molecular weight is 306 g/mol. The zero-order chi connectivity index (χ0) is 15.8. The first-order valence-electron chi connectivity index (χ1n) is 8.51. The summed E-state index contributed by atoms with van der Waals surface area (Å²) in [6.07, 6.45) is 10.6. The van der Waals surface area contributed by atoms with Crippen molar-refractivity contribution >= 4 is 11.9 Å². The first kappa shape index (κ1) is 16.8. The summed E-state index contributed by atoms with van der Waals surface area (Å²) in [5, 5.41) is 12.1. The van der Waals surface area contributed by atoms with E-state index < -0.39 is 5.54 Å². The molecule has 122 valence electrons. The van der Waals surface area contributed by atoms with Crippen LogP contribution in [0.4, 0.5) is 0 Å². The highest BCUT2D eigenvalue weighted by Gasteiger charge is 2.33. The number of amides is 1. The normalized spacial score (nSPS) is 21.6. The third kappa shape index (κ3) is 5.01. The van der Waals surface area contributed by atoms with E-state index >= 15 is 0 Å². The van der Waals surface area contributed by atoms with Crippen molar-refractivity contribution < 1.29 is 14.3 Å². The molecule has 0 aromatic carbocycles. The first-order chi connectivity index (χ1) is 10.6. The monoisotopic (exact) mass is 306 g/mol. The lowest BCUT2D eigenvalue weighted by Crippen LogP contribution is -2.50. The highest BCUT2D eigenvalue weighted by Crippen LogP contribution is 2.28. The quantitative estimate of drug-likeness (QED) is 0.792. The van der Waals surface area contributed by atoms with Gasteiger partial charge in [-0.15, -0.1) is 0 Å². The van der Waals surface area contributed by atoms with Crippen molar-refractivity contribution in [3.05, 3.63) is 0 Å². The number of hydrogen-bond donors (Lipinski definition) is 1. The maximum Gasteiger partial charge on any atom is 0.306 e. The highest BCUT2D eigenvalue weighted by molar-refractivity contribution is 5.81. The van der Waals surface area contributed by atoms with E-state index in [1.165, 1.54) is 19.3 Å². The molecular formula is C17H26N2O3. The van der Waals surface area contributed by atoms with Crippen molar-refractivity contribution in [2.75, 3.05) is 6.61 Å². The Bertz CT molecular complexity index is 430. The average Bonchev–Trinajstić information content (AvgIpc) is 2.55. The largest absolute Gasteiger partial charge is 0.456 e. The second-order valence-corrected chi connectivity index (χ2v) is 6.67. The molecule has 0 radical (unpaired) electrons. The summed E-state index contributed by atoms with van der Waals surface area (Å²) >= 11 is 0. The molecule has 1 amide bonds. The van der Waals surface area contributed by atoms with Gasteiger partial charge in [-0.1, -0.05) is 38.5 Å². The molecule has 0 aliphatic heterocycles. The first-order valence-corrected chi connectivity index (χ1v) is 8.51. The van der Waals surface area contributed by atoms with Gasteiger partial charge in [-0.2, -0.15) is 5.26 Å². The van der Waals surface area contributed by atoms with Crippen LogP contribution in [0.3, 0.4) is 0 Å². The summed E-state index contributed by atoms with van der Waals surface area (Å²) in [5.74, 6) is -0.245. The van der Waals surface area contributed by atoms with Crippen LogP contribution in [-0.2, 0) is 14.3 Å². The fourth-order valence-corrected chi connectivity index (χ4v) is 3.55. The Labute approximate surface area is 132 Å². The van der Waals surface area contributed by atoms with Gasteiger partial charge in [0.15, 0.2) is 6.61 Å². The van der Waals surface area contributed by atoms with Crippen LogP contribution in [0.25, 0.3) is 0 Å². The minimum Gasteiger partial charge on any atom is -0.456 e. The van der Waals surface area contributed by atoms with E-state index in [-0.39, 0.29) is 18.5 Å². The fraction of sp³-hybridized carbons (Fsp3) is 0.824. The lowest BCUT2D eigenvalue weighted by Gasteiger charge is -2.31. The van der Waals surface area contributed by atoms with Crippen molar-refractivity contribution in [2.24, 2.45) is 5.92 Å². The van der Waals surface area contributed by atoms with Crippen molar-refractivity contribution in [1.82, 2.24) is 5.32 Å². The summed E-state index contributed by atoms with van der Waals surface area (Å²) in [6, 6.07) is 2.23. The fourth-order valence-electron chi connectivity index (χ4n) is 3.55. The standard InChI is InChI=1S/C17H26N2O3/c18-13-17(9-5-2-6-10-17)19-15(20)12-22-16(21)11-14-7-3-1-4-8-14/h14H,1-12H2,(H,19,20). The van der Waals surface area contributed by atoms with Crippen LogP contribution in [0.15, 0.2) is 0 Å². The molecular weight excluding hydrogens is 280 g/mol. The zero-order valence-electron chi connectivity index (χ0n) is 13.2. The number of esters is 1. The van der Waals surface area contributed by atoms with Gasteiger partial charge in [0.1, 0.15) is 5.54 Å². The van der Waals surface area contributed by atoms with Gasteiger partial charge in [0.25, 0.3) is 5.91 Å². The molecule has 2 saturated carbocycles. The molecule has 0 unspecified atom stereocenters. The van der Waals surface area contributed by atoms with Gasteiger partial charge in [-0.05, 0) is 31.6 Å². The Morgan fingerprint density at radius 3 is 2.36 bits per heavy atom. The van der Waals surface area contributed by atoms with Crippen LogP contribution in [0.5, 0.6) is 0 Å². The molecule has 22 heavy (non-hydrogen) atoms. The van der Waals surface area contributed by atoms with E-state index in [9.17, 15) is 14.9 Å². The third-order valence-corrected chi connectivity index (χ3v) is 4.84. The van der Waals surface area contributed by atoms with E-state index in [1.807, 2.05) is 0 Å². The van der Waals surface area contributed by atoms with Crippen molar-refractivity contribution in [3.8, 4) is 6.07 Å². The van der Waals surface area contributed by atoms with Crippen LogP contribution in [-0.4, -0.2) is 24.0 Å². The molecule has 5 nitrogen and oxygen atoms in total. The Kier molecular flexibility index (Phi) is 6.23. The molecule has 0 aromatic heterocycles. The van der Waals surface area contributed by atoms with E-state index in [1.54, 1.807) is 0 Å². The third-order valence-electron chi connectivity index (χ3n) is 4.84. The van der Waals surface area contributed by atoms with Gasteiger partial charge in [0.05, 0.1) is 6.07 Å². The highest BCUT2D eigenvalue weighted by atomic mass is 16.5. The number of nitriles is 1. The van der Waals surface area contributed by atoms with E-state index in [4.69, 9.17) is 4.74 Å². The van der Waals surface area contributed by atoms with Crippen LogP contribution in [0.1, 0.15) is 70.6 Å². The smallest absolute Gasteiger partial charge is 0.306 e. The molecule has 0 spiro atoms. The molecule has 0 aromatic rings. The summed E-state index contributed by atoms with van der Waals surface area (Å²) < 4.78 is 5.08. The van der Waals surface area contributed by atoms with Gasteiger partial charge in [-0.25, -0.2) is 0 Å². The predicted molar refractivity (Wildman–Crippen MR) is 81.7 cm³/mol. The van der Waals surface area contributed by atoms with Crippen LogP contribution in [0, 0.1) is 17.2 Å². The van der Waals surface area contributed by atoms with Crippen molar-refractivity contribution in [3.63, 3.8) is 0 Å². The predicted octanol–water partition coefficient (Wildman–Crippen LogP) is 2.84. The molecule has 0 heterocycles. The van der Waals surface area contributed by atoms with E-state index in [0.717, 1.165) is 32.1 Å². The van der Waals surface area contributed by atoms with Crippen LogP contribution < -0.4 is 5.32 Å². The molecule has 0 bridgehead atoms. The summed E-state index contributed by atoms with van der Waals surface area (Å²) in [7, 11) is 0. The van der Waals surface area contributed by atoms with Gasteiger partial charge in [0, 0.05) is 6.42 Å². The molecule has 2 aliphatic rings. The van der Waals surface area contributed by atoms with Gasteiger partial charge in [-0.3, -0.25) is 9.59 Å². The number of ether oxygens (including phenoxy) is 1. The number of carbonyl (C=O) groups excluding carboxylic acids is 2. The van der Waals surface area contributed by atoms with Gasteiger partial charge in [0.2, 0.25) is 0 Å². The van der Waals surface area contributed by atoms with Gasteiger partial charge >= 0.3 is 5.97 Å². The lowest BCUT2D eigenvalue weighted by molar-refractivity contribution is -0.150. The SMILES string of the molecule is N#CC1(NC(=O)COC(=O)CC2CCCCC2)CCCCC1. The zero-order valence-corrected chi connectivity index (χ0v) is 13.2. The Morgan fingerprint density at radius 2 is 1.73 bits per heavy atom. The Morgan fingerprint density at radius 1 is 1.09 bits per heavy atom. The van der Waals surface area contributed by atoms with Crippen molar-refractivity contribution in [2.45, 2.75) is 76.2 Å². The number of nitrogens with one attached hydrogen (secondary N) is 1. The second-order valence-electron chi connectivity index (χ2n) is 6.67. The number of carbonyl (C=O) groups is 2. The maximum absolute atomic E-state index is 11.9. The molecule has 1 N–H and O–H groups in total. The topological polar surface area (TPSA) is 79.2 Å². The Balaban J connectivity index is 1.70.